The lowest BCUT2D eigenvalue weighted by atomic mass is 10.0. The van der Waals surface area contributed by atoms with Gasteiger partial charge in [0.15, 0.2) is 0 Å². The number of aromatic nitrogens is 1. The Hall–Kier alpha value is -1.37. The van der Waals surface area contributed by atoms with E-state index in [1.807, 2.05) is 0 Å². The highest BCUT2D eigenvalue weighted by Crippen LogP contribution is 2.33. The molecule has 0 unspecified atom stereocenters. The van der Waals surface area contributed by atoms with E-state index in [4.69, 9.17) is 4.98 Å². The van der Waals surface area contributed by atoms with E-state index in [-0.39, 0.29) is 0 Å². The van der Waals surface area contributed by atoms with E-state index < -0.39 is 0 Å². The van der Waals surface area contributed by atoms with Gasteiger partial charge in [-0.15, -0.1) is 0 Å². The van der Waals surface area contributed by atoms with Crippen LogP contribution >= 0.6 is 0 Å². The summed E-state index contributed by atoms with van der Waals surface area (Å²) in [5, 5.41) is 1.28. The van der Waals surface area contributed by atoms with Gasteiger partial charge in [0.05, 0.1) is 5.52 Å². The number of benzene rings is 1. The van der Waals surface area contributed by atoms with Crippen molar-refractivity contribution in [2.45, 2.75) is 25.7 Å². The molecule has 0 amide bonds. The molecule has 0 bridgehead atoms. The molecule has 1 aromatic carbocycles. The Bertz CT molecular complexity index is 488. The van der Waals surface area contributed by atoms with Crippen LogP contribution in [-0.4, -0.2) is 4.98 Å². The molecular formula is C13H13N. The summed E-state index contributed by atoms with van der Waals surface area (Å²) in [5.74, 6) is 0.696. The molecule has 0 fully saturated rings. The maximum Gasteiger partial charge on any atom is 0.0705 e. The lowest BCUT2D eigenvalue weighted by Gasteiger charge is -2.05. The van der Waals surface area contributed by atoms with Crippen molar-refractivity contribution in [3.8, 4) is 0 Å². The van der Waals surface area contributed by atoms with Crippen molar-refractivity contribution in [1.29, 1.82) is 0 Å². The number of pyridine rings is 1. The first-order chi connectivity index (χ1) is 6.84. The monoisotopic (exact) mass is 183 g/mol. The van der Waals surface area contributed by atoms with Crippen LogP contribution in [0.4, 0.5) is 0 Å². The zero-order valence-electron chi connectivity index (χ0n) is 8.33. The summed E-state index contributed by atoms with van der Waals surface area (Å²) in [4.78, 5) is 4.71. The smallest absolute Gasteiger partial charge is 0.0705 e. The van der Waals surface area contributed by atoms with Crippen molar-refractivity contribution >= 4 is 10.9 Å². The third-order valence-corrected chi connectivity index (χ3v) is 3.18. The quantitative estimate of drug-likeness (QED) is 0.610. The first-order valence-electron chi connectivity index (χ1n) is 5.23. The standard InChI is InChI=1S/C13H13N/c1-9-6-7-13-11(9)8-10-4-2-3-5-12(10)14-13/h2-5,8-9H,6-7H2,1H3/t9-/m0/s1. The van der Waals surface area contributed by atoms with Crippen molar-refractivity contribution < 1.29 is 0 Å². The average Bonchev–Trinajstić information content (AvgIpc) is 2.57. The Balaban J connectivity index is 2.33. The minimum Gasteiger partial charge on any atom is -0.253 e. The number of nitrogens with zero attached hydrogens (tertiary/aromatic N) is 1. The van der Waals surface area contributed by atoms with Gasteiger partial charge in [-0.1, -0.05) is 25.1 Å². The lowest BCUT2D eigenvalue weighted by Crippen LogP contribution is -1.90. The summed E-state index contributed by atoms with van der Waals surface area (Å²) in [6.07, 6.45) is 2.42. The van der Waals surface area contributed by atoms with E-state index in [0.717, 1.165) is 11.9 Å². The maximum absolute atomic E-state index is 4.71. The molecule has 14 heavy (non-hydrogen) atoms. The number of aryl methyl sites for hydroxylation is 1. The van der Waals surface area contributed by atoms with E-state index in [1.165, 1.54) is 23.1 Å². The van der Waals surface area contributed by atoms with Gasteiger partial charge >= 0.3 is 0 Å². The molecule has 1 aliphatic carbocycles. The van der Waals surface area contributed by atoms with Crippen molar-refractivity contribution in [1.82, 2.24) is 4.98 Å². The molecule has 1 atom stereocenters. The molecule has 1 heterocycles. The van der Waals surface area contributed by atoms with Gasteiger partial charge < -0.3 is 0 Å². The van der Waals surface area contributed by atoms with Crippen LogP contribution in [-0.2, 0) is 6.42 Å². The topological polar surface area (TPSA) is 12.9 Å². The summed E-state index contributed by atoms with van der Waals surface area (Å²) in [7, 11) is 0. The number of fused-ring (bicyclic) bond motifs is 2. The van der Waals surface area contributed by atoms with Crippen LogP contribution < -0.4 is 0 Å². The highest BCUT2D eigenvalue weighted by molar-refractivity contribution is 5.79. The molecule has 0 radical (unpaired) electrons. The minimum atomic E-state index is 0.696. The molecule has 0 N–H and O–H groups in total. The van der Waals surface area contributed by atoms with Gasteiger partial charge in [-0.25, -0.2) is 0 Å². The van der Waals surface area contributed by atoms with Crippen LogP contribution in [0.2, 0.25) is 0 Å². The highest BCUT2D eigenvalue weighted by Gasteiger charge is 2.19. The Morgan fingerprint density at radius 1 is 1.29 bits per heavy atom. The van der Waals surface area contributed by atoms with Gasteiger partial charge in [-0.05, 0) is 36.5 Å². The van der Waals surface area contributed by atoms with Gasteiger partial charge in [-0.2, -0.15) is 0 Å². The van der Waals surface area contributed by atoms with Gasteiger partial charge in [0.25, 0.3) is 0 Å². The predicted molar refractivity (Wildman–Crippen MR) is 58.5 cm³/mol. The van der Waals surface area contributed by atoms with Crippen LogP contribution in [0.15, 0.2) is 30.3 Å². The molecular weight excluding hydrogens is 170 g/mol. The summed E-state index contributed by atoms with van der Waals surface area (Å²) in [6.45, 7) is 2.29. The molecule has 0 saturated heterocycles. The van der Waals surface area contributed by atoms with Gasteiger partial charge in [-0.3, -0.25) is 4.98 Å². The molecule has 3 rings (SSSR count). The van der Waals surface area contributed by atoms with Crippen LogP contribution in [0.1, 0.15) is 30.5 Å². The van der Waals surface area contributed by atoms with Crippen molar-refractivity contribution in [3.63, 3.8) is 0 Å². The largest absolute Gasteiger partial charge is 0.253 e. The van der Waals surface area contributed by atoms with Crippen molar-refractivity contribution in [2.75, 3.05) is 0 Å². The van der Waals surface area contributed by atoms with Crippen LogP contribution in [0.25, 0.3) is 10.9 Å². The van der Waals surface area contributed by atoms with Gasteiger partial charge in [0.1, 0.15) is 0 Å². The summed E-state index contributed by atoms with van der Waals surface area (Å²) >= 11 is 0. The second kappa shape index (κ2) is 2.81. The molecule has 2 aromatic rings. The summed E-state index contributed by atoms with van der Waals surface area (Å²) in [5.41, 5.74) is 3.92. The number of hydrogen-bond donors (Lipinski definition) is 0. The molecule has 1 aromatic heterocycles. The predicted octanol–water partition coefficient (Wildman–Crippen LogP) is 3.28. The van der Waals surface area contributed by atoms with Crippen LogP contribution in [0.3, 0.4) is 0 Å². The average molecular weight is 183 g/mol. The molecule has 0 spiro atoms. The third-order valence-electron chi connectivity index (χ3n) is 3.18. The van der Waals surface area contributed by atoms with Gasteiger partial charge in [0, 0.05) is 11.1 Å². The zero-order chi connectivity index (χ0) is 9.54. The fourth-order valence-corrected chi connectivity index (χ4v) is 2.31. The van der Waals surface area contributed by atoms with E-state index in [2.05, 4.69) is 37.3 Å². The Morgan fingerprint density at radius 2 is 2.14 bits per heavy atom. The maximum atomic E-state index is 4.71. The molecule has 1 aliphatic rings. The van der Waals surface area contributed by atoms with E-state index >= 15 is 0 Å². The first-order valence-corrected chi connectivity index (χ1v) is 5.23. The fourth-order valence-electron chi connectivity index (χ4n) is 2.31. The second-order valence-electron chi connectivity index (χ2n) is 4.16. The van der Waals surface area contributed by atoms with E-state index in [9.17, 15) is 0 Å². The molecule has 1 heteroatoms. The number of para-hydroxylation sites is 1. The van der Waals surface area contributed by atoms with Crippen LogP contribution in [0, 0.1) is 0 Å². The molecule has 0 saturated carbocycles. The van der Waals surface area contributed by atoms with Gasteiger partial charge in [0.2, 0.25) is 0 Å². The molecule has 0 aliphatic heterocycles. The van der Waals surface area contributed by atoms with Crippen molar-refractivity contribution in [2.24, 2.45) is 0 Å². The first kappa shape index (κ1) is 7.98. The van der Waals surface area contributed by atoms with Crippen molar-refractivity contribution in [3.05, 3.63) is 41.6 Å². The lowest BCUT2D eigenvalue weighted by molar-refractivity contribution is 0.746. The zero-order valence-corrected chi connectivity index (χ0v) is 8.33. The Labute approximate surface area is 83.8 Å². The Morgan fingerprint density at radius 3 is 3.07 bits per heavy atom. The van der Waals surface area contributed by atoms with E-state index in [0.29, 0.717) is 5.92 Å². The number of rotatable bonds is 0. The highest BCUT2D eigenvalue weighted by atomic mass is 14.7. The second-order valence-corrected chi connectivity index (χ2v) is 4.16. The number of hydrogen-bond acceptors (Lipinski definition) is 1. The molecule has 1 nitrogen and oxygen atoms in total. The third kappa shape index (κ3) is 1.05. The SMILES string of the molecule is C[C@H]1CCc2nc3ccccc3cc21. The minimum absolute atomic E-state index is 0.696. The Kier molecular flexibility index (Phi) is 1.60. The summed E-state index contributed by atoms with van der Waals surface area (Å²) in [6, 6.07) is 10.7. The normalized spacial score (nSPS) is 19.9. The van der Waals surface area contributed by atoms with Crippen LogP contribution in [0.5, 0.6) is 0 Å². The summed E-state index contributed by atoms with van der Waals surface area (Å²) < 4.78 is 0. The van der Waals surface area contributed by atoms with E-state index in [1.54, 1.807) is 0 Å². The fraction of sp³-hybridized carbons (Fsp3) is 0.308. The molecule has 70 valence electrons.